The first-order chi connectivity index (χ1) is 14.4. The number of halogens is 1. The summed E-state index contributed by atoms with van der Waals surface area (Å²) in [6.07, 6.45) is 1.72. The highest BCUT2D eigenvalue weighted by atomic mass is 35.5. The maximum absolute atomic E-state index is 13.4. The summed E-state index contributed by atoms with van der Waals surface area (Å²) >= 11 is 6.21. The smallest absolute Gasteiger partial charge is 0.194 e. The fraction of sp³-hybridized carbons (Fsp3) is 0.409. The molecule has 3 aromatic rings. The number of fused-ring (bicyclic) bond motifs is 2. The van der Waals surface area contributed by atoms with E-state index >= 15 is 0 Å². The zero-order valence-corrected chi connectivity index (χ0v) is 17.7. The summed E-state index contributed by atoms with van der Waals surface area (Å²) in [5.41, 5.74) is 2.32. The van der Waals surface area contributed by atoms with Gasteiger partial charge < -0.3 is 18.8 Å². The topological polar surface area (TPSA) is 75.5 Å². The van der Waals surface area contributed by atoms with Gasteiger partial charge in [-0.15, -0.1) is 0 Å². The standard InChI is InChI=1S/C22H22ClN3O4/c1-4-12-6-5-7-13(10-12)15(27)16-17-18(30-22(2,3)29-17)21(28-16)26-9-8-14-19(23)24-11-25-20(14)26/h5-11,16-18,21H,4H2,1-3H3/t16-,17-,18-,21-/m1/s1. The highest BCUT2D eigenvalue weighted by molar-refractivity contribution is 6.33. The van der Waals surface area contributed by atoms with Crippen LogP contribution in [0.3, 0.4) is 0 Å². The van der Waals surface area contributed by atoms with Crippen molar-refractivity contribution >= 4 is 28.4 Å². The molecule has 8 heteroatoms. The van der Waals surface area contributed by atoms with Gasteiger partial charge in [-0.05, 0) is 38.0 Å². The number of ether oxygens (including phenoxy) is 3. The molecule has 30 heavy (non-hydrogen) atoms. The fourth-order valence-corrected chi connectivity index (χ4v) is 4.46. The van der Waals surface area contributed by atoms with Crippen molar-refractivity contribution in [3.8, 4) is 0 Å². The van der Waals surface area contributed by atoms with Crippen LogP contribution in [0.5, 0.6) is 0 Å². The third-order valence-corrected chi connectivity index (χ3v) is 5.94. The predicted octanol–water partition coefficient (Wildman–Crippen LogP) is 3.95. The molecule has 5 rings (SSSR count). The Bertz CT molecular complexity index is 1130. The van der Waals surface area contributed by atoms with E-state index in [1.165, 1.54) is 6.33 Å². The van der Waals surface area contributed by atoms with E-state index in [0.29, 0.717) is 21.7 Å². The highest BCUT2D eigenvalue weighted by Gasteiger charge is 2.58. The van der Waals surface area contributed by atoms with Gasteiger partial charge in [0.15, 0.2) is 23.9 Å². The quantitative estimate of drug-likeness (QED) is 0.463. The normalized spacial score (nSPS) is 27.5. The van der Waals surface area contributed by atoms with Gasteiger partial charge in [0.1, 0.15) is 29.3 Å². The number of carbonyl (C=O) groups excluding carboxylic acids is 1. The molecule has 0 bridgehead atoms. The number of aromatic nitrogens is 3. The van der Waals surface area contributed by atoms with Crippen molar-refractivity contribution in [3.63, 3.8) is 0 Å². The Hall–Kier alpha value is -2.32. The van der Waals surface area contributed by atoms with Crippen molar-refractivity contribution in [2.75, 3.05) is 0 Å². The minimum atomic E-state index is -0.823. The van der Waals surface area contributed by atoms with Gasteiger partial charge in [0, 0.05) is 11.8 Å². The second-order valence-electron chi connectivity index (χ2n) is 8.05. The Balaban J connectivity index is 1.54. The average Bonchev–Trinajstić information content (AvgIpc) is 3.38. The lowest BCUT2D eigenvalue weighted by Gasteiger charge is -2.24. The van der Waals surface area contributed by atoms with Gasteiger partial charge >= 0.3 is 0 Å². The molecule has 0 saturated carbocycles. The minimum Gasteiger partial charge on any atom is -0.341 e. The van der Waals surface area contributed by atoms with Gasteiger partial charge in [-0.3, -0.25) is 4.79 Å². The molecule has 2 fully saturated rings. The monoisotopic (exact) mass is 427 g/mol. The summed E-state index contributed by atoms with van der Waals surface area (Å²) in [6, 6.07) is 9.45. The van der Waals surface area contributed by atoms with E-state index < -0.39 is 30.3 Å². The summed E-state index contributed by atoms with van der Waals surface area (Å²) < 4.78 is 20.4. The van der Waals surface area contributed by atoms with Gasteiger partial charge in [-0.2, -0.15) is 0 Å². The van der Waals surface area contributed by atoms with Crippen LogP contribution in [-0.4, -0.2) is 44.4 Å². The van der Waals surface area contributed by atoms with Gasteiger partial charge in [-0.1, -0.05) is 36.7 Å². The maximum atomic E-state index is 13.4. The number of ketones is 1. The number of nitrogens with zero attached hydrogens (tertiary/aromatic N) is 3. The van der Waals surface area contributed by atoms with E-state index in [2.05, 4.69) is 16.9 Å². The number of rotatable bonds is 4. The van der Waals surface area contributed by atoms with Crippen LogP contribution in [0, 0.1) is 0 Å². The molecule has 156 valence electrons. The van der Waals surface area contributed by atoms with Gasteiger partial charge in [0.2, 0.25) is 0 Å². The molecular formula is C22H22ClN3O4. The number of carbonyl (C=O) groups is 1. The number of aryl methyl sites for hydroxylation is 1. The molecule has 0 spiro atoms. The first kappa shape index (κ1) is 19.6. The SMILES string of the molecule is CCc1cccc(C(=O)[C@H]2O[C@@H](n3ccc4c(Cl)ncnc43)[C@@H]3OC(C)(C)O[C@@H]32)c1. The van der Waals surface area contributed by atoms with Crippen LogP contribution < -0.4 is 0 Å². The summed E-state index contributed by atoms with van der Waals surface area (Å²) in [5.74, 6) is -0.940. The Morgan fingerprint density at radius 2 is 2.00 bits per heavy atom. The molecule has 2 aromatic heterocycles. The number of benzene rings is 1. The van der Waals surface area contributed by atoms with Gasteiger partial charge in [0.25, 0.3) is 0 Å². The third kappa shape index (κ3) is 3.13. The molecule has 0 unspecified atom stereocenters. The van der Waals surface area contributed by atoms with Crippen molar-refractivity contribution in [1.82, 2.24) is 14.5 Å². The average molecular weight is 428 g/mol. The van der Waals surface area contributed by atoms with Crippen LogP contribution in [0.4, 0.5) is 0 Å². The lowest BCUT2D eigenvalue weighted by atomic mass is 9.99. The van der Waals surface area contributed by atoms with E-state index in [4.69, 9.17) is 25.8 Å². The largest absolute Gasteiger partial charge is 0.341 e. The van der Waals surface area contributed by atoms with Gasteiger partial charge in [-0.25, -0.2) is 9.97 Å². The molecule has 2 aliphatic rings. The van der Waals surface area contributed by atoms with E-state index in [1.54, 1.807) is 0 Å². The lowest BCUT2D eigenvalue weighted by molar-refractivity contribution is -0.190. The number of hydrogen-bond acceptors (Lipinski definition) is 6. The van der Waals surface area contributed by atoms with Crippen molar-refractivity contribution in [3.05, 3.63) is 59.1 Å². The van der Waals surface area contributed by atoms with Crippen molar-refractivity contribution in [2.45, 2.75) is 57.5 Å². The predicted molar refractivity (Wildman–Crippen MR) is 110 cm³/mol. The molecule has 2 saturated heterocycles. The molecule has 1 aromatic carbocycles. The fourth-order valence-electron chi connectivity index (χ4n) is 4.27. The minimum absolute atomic E-state index is 0.117. The molecule has 0 N–H and O–H groups in total. The number of Topliss-reactive ketones (excluding diaryl/α,β-unsaturated/α-hetero) is 1. The number of hydrogen-bond donors (Lipinski definition) is 0. The van der Waals surface area contributed by atoms with Crippen LogP contribution in [0.2, 0.25) is 5.15 Å². The van der Waals surface area contributed by atoms with Crippen molar-refractivity contribution < 1.29 is 19.0 Å². The summed E-state index contributed by atoms with van der Waals surface area (Å²) in [4.78, 5) is 21.8. The van der Waals surface area contributed by atoms with Crippen molar-refractivity contribution in [1.29, 1.82) is 0 Å². The van der Waals surface area contributed by atoms with E-state index in [9.17, 15) is 4.79 Å². The third-order valence-electron chi connectivity index (χ3n) is 5.64. The van der Waals surface area contributed by atoms with Crippen LogP contribution >= 0.6 is 11.6 Å². The molecule has 0 amide bonds. The van der Waals surface area contributed by atoms with Crippen LogP contribution in [0.15, 0.2) is 42.9 Å². The van der Waals surface area contributed by atoms with E-state index in [1.807, 2.05) is 54.9 Å². The molecule has 0 aliphatic carbocycles. The molecule has 2 aliphatic heterocycles. The Morgan fingerprint density at radius 3 is 2.80 bits per heavy atom. The summed E-state index contributed by atoms with van der Waals surface area (Å²) in [6.45, 7) is 5.74. The molecule has 4 heterocycles. The van der Waals surface area contributed by atoms with Crippen LogP contribution in [0.1, 0.15) is 42.9 Å². The zero-order chi connectivity index (χ0) is 21.0. The van der Waals surface area contributed by atoms with E-state index in [-0.39, 0.29) is 5.78 Å². The zero-order valence-electron chi connectivity index (χ0n) is 16.9. The highest BCUT2D eigenvalue weighted by Crippen LogP contribution is 2.44. The molecular weight excluding hydrogens is 406 g/mol. The second kappa shape index (κ2) is 7.13. The summed E-state index contributed by atoms with van der Waals surface area (Å²) in [7, 11) is 0. The molecule has 4 atom stereocenters. The van der Waals surface area contributed by atoms with Crippen LogP contribution in [-0.2, 0) is 20.6 Å². The summed E-state index contributed by atoms with van der Waals surface area (Å²) in [5, 5.41) is 1.07. The Kier molecular flexibility index (Phi) is 4.67. The Morgan fingerprint density at radius 1 is 1.20 bits per heavy atom. The van der Waals surface area contributed by atoms with Crippen molar-refractivity contribution in [2.24, 2.45) is 0 Å². The maximum Gasteiger partial charge on any atom is 0.194 e. The molecule has 7 nitrogen and oxygen atoms in total. The van der Waals surface area contributed by atoms with Gasteiger partial charge in [0.05, 0.1) is 5.39 Å². The first-order valence-corrected chi connectivity index (χ1v) is 10.4. The van der Waals surface area contributed by atoms with E-state index in [0.717, 1.165) is 12.0 Å². The first-order valence-electron chi connectivity index (χ1n) is 9.99. The van der Waals surface area contributed by atoms with Crippen LogP contribution in [0.25, 0.3) is 11.0 Å². The Labute approximate surface area is 178 Å². The molecule has 0 radical (unpaired) electrons. The lowest BCUT2D eigenvalue weighted by Crippen LogP contribution is -2.35. The second-order valence-corrected chi connectivity index (χ2v) is 8.41.